The number of imide groups is 2. The van der Waals surface area contributed by atoms with Crippen LogP contribution in [-0.2, 0) is 38.0 Å². The van der Waals surface area contributed by atoms with Gasteiger partial charge in [-0.15, -0.1) is 0 Å². The Morgan fingerprint density at radius 3 is 1.26 bits per heavy atom. The molecule has 2 aromatic carbocycles. The molecule has 0 fully saturated rings. The molecular formula is C34H40N2O10. The molecule has 12 heteroatoms. The zero-order chi connectivity index (χ0) is 33.5. The molecule has 0 aliphatic carbocycles. The van der Waals surface area contributed by atoms with Crippen LogP contribution >= 0.6 is 0 Å². The molecule has 4 rings (SSSR count). The second-order valence-electron chi connectivity index (χ2n) is 11.8. The van der Waals surface area contributed by atoms with Gasteiger partial charge in [-0.2, -0.15) is 0 Å². The van der Waals surface area contributed by atoms with Crippen LogP contribution in [0.5, 0.6) is 0 Å². The zero-order valence-corrected chi connectivity index (χ0v) is 27.0. The van der Waals surface area contributed by atoms with Gasteiger partial charge in [0.15, 0.2) is 0 Å². The number of amides is 4. The van der Waals surface area contributed by atoms with Crippen molar-refractivity contribution >= 4 is 35.4 Å². The van der Waals surface area contributed by atoms with Crippen LogP contribution in [-0.4, -0.2) is 98.9 Å². The maximum atomic E-state index is 14.3. The largest absolute Gasteiger partial charge is 0.440 e. The molecule has 2 aromatic rings. The molecule has 0 spiro atoms. The van der Waals surface area contributed by atoms with Gasteiger partial charge in [0.1, 0.15) is 11.2 Å². The Bertz CT molecular complexity index is 1380. The average molecular weight is 637 g/mol. The van der Waals surface area contributed by atoms with Crippen molar-refractivity contribution in [3.05, 3.63) is 82.9 Å². The van der Waals surface area contributed by atoms with E-state index in [1.807, 2.05) is 0 Å². The van der Waals surface area contributed by atoms with E-state index in [0.29, 0.717) is 24.3 Å². The van der Waals surface area contributed by atoms with E-state index in [0.717, 1.165) is 9.80 Å². The van der Waals surface area contributed by atoms with Crippen molar-refractivity contribution in [2.45, 2.75) is 38.9 Å². The molecule has 0 atom stereocenters. The predicted molar refractivity (Wildman–Crippen MR) is 167 cm³/mol. The lowest BCUT2D eigenvalue weighted by Crippen LogP contribution is -2.43. The molecule has 0 aromatic heterocycles. The van der Waals surface area contributed by atoms with Crippen LogP contribution in [0.15, 0.2) is 71.8 Å². The summed E-state index contributed by atoms with van der Waals surface area (Å²) in [5.74, 6) is -1.64. The molecule has 0 unspecified atom stereocenters. The van der Waals surface area contributed by atoms with Gasteiger partial charge in [0.2, 0.25) is 0 Å². The van der Waals surface area contributed by atoms with Gasteiger partial charge in [-0.3, -0.25) is 9.59 Å². The van der Waals surface area contributed by atoms with Crippen molar-refractivity contribution in [2.75, 3.05) is 53.9 Å². The van der Waals surface area contributed by atoms with Crippen LogP contribution in [0.3, 0.4) is 0 Å². The number of carbonyl (C=O) groups is 4. The Labute approximate surface area is 268 Å². The van der Waals surface area contributed by atoms with Crippen molar-refractivity contribution in [1.29, 1.82) is 0 Å². The molecular weight excluding hydrogens is 596 g/mol. The van der Waals surface area contributed by atoms with E-state index in [-0.39, 0.29) is 49.0 Å². The molecule has 46 heavy (non-hydrogen) atoms. The fourth-order valence-electron chi connectivity index (χ4n) is 4.93. The van der Waals surface area contributed by atoms with E-state index in [1.165, 1.54) is 0 Å². The first-order chi connectivity index (χ1) is 21.9. The number of methoxy groups -OCH3 is 2. The highest BCUT2D eigenvalue weighted by Gasteiger charge is 2.54. The van der Waals surface area contributed by atoms with E-state index in [2.05, 4.69) is 0 Å². The quantitative estimate of drug-likeness (QED) is 0.270. The molecule has 12 nitrogen and oxygen atoms in total. The molecule has 0 N–H and O–H groups in total. The fourth-order valence-corrected chi connectivity index (χ4v) is 4.93. The normalized spacial score (nSPS) is 15.2. The van der Waals surface area contributed by atoms with E-state index in [4.69, 9.17) is 28.4 Å². The Balaban J connectivity index is 1.78. The lowest BCUT2D eigenvalue weighted by molar-refractivity contribution is -0.124. The molecule has 2 aliphatic heterocycles. The van der Waals surface area contributed by atoms with E-state index in [9.17, 15) is 19.2 Å². The van der Waals surface area contributed by atoms with Crippen LogP contribution in [0.4, 0.5) is 9.59 Å². The highest BCUT2D eigenvalue weighted by molar-refractivity contribution is 6.35. The van der Waals surface area contributed by atoms with Crippen molar-refractivity contribution < 1.29 is 47.6 Å². The standard InChI is InChI=1S/C34H40N2O10/c1-33(2,21-43-19-17-41-5)45-31(39)35-27(23-13-9-7-10-14-23)25-26(29(35)37)28(24-15-11-8-12-16-24)36(30(25)38)32(40)46-34(3,4)22-44-20-18-42-6/h7-16H,17-22H2,1-6H3. The van der Waals surface area contributed by atoms with Crippen LogP contribution in [0.1, 0.15) is 38.8 Å². The minimum atomic E-state index is -1.14. The number of hydrogen-bond acceptors (Lipinski definition) is 10. The van der Waals surface area contributed by atoms with Gasteiger partial charge in [-0.05, 0) is 38.8 Å². The third-order valence-electron chi connectivity index (χ3n) is 6.95. The number of rotatable bonds is 14. The number of fused-ring (bicyclic) bond motifs is 1. The Hall–Kier alpha value is -4.36. The molecule has 2 heterocycles. The molecule has 0 bridgehead atoms. The number of nitrogens with zero attached hydrogens (tertiary/aromatic N) is 2. The Morgan fingerprint density at radius 1 is 0.587 bits per heavy atom. The summed E-state index contributed by atoms with van der Waals surface area (Å²) in [5.41, 5.74) is -1.72. The predicted octanol–water partition coefficient (Wildman–Crippen LogP) is 4.65. The number of ether oxygens (including phenoxy) is 6. The maximum Gasteiger partial charge on any atom is 0.422 e. The summed E-state index contributed by atoms with van der Waals surface area (Å²) in [7, 11) is 3.09. The lowest BCUT2D eigenvalue weighted by Gasteiger charge is -2.30. The highest BCUT2D eigenvalue weighted by atomic mass is 16.6. The Morgan fingerprint density at radius 2 is 0.935 bits per heavy atom. The second-order valence-corrected chi connectivity index (χ2v) is 11.8. The minimum absolute atomic E-state index is 0.00223. The van der Waals surface area contributed by atoms with Crippen molar-refractivity contribution in [3.8, 4) is 0 Å². The van der Waals surface area contributed by atoms with Crippen LogP contribution in [0.2, 0.25) is 0 Å². The van der Waals surface area contributed by atoms with Gasteiger partial charge in [0.25, 0.3) is 11.8 Å². The van der Waals surface area contributed by atoms with Gasteiger partial charge in [-0.25, -0.2) is 19.4 Å². The summed E-state index contributed by atoms with van der Waals surface area (Å²) in [6, 6.07) is 17.0. The summed E-state index contributed by atoms with van der Waals surface area (Å²) in [4.78, 5) is 57.8. The van der Waals surface area contributed by atoms with Gasteiger partial charge in [0, 0.05) is 14.2 Å². The minimum Gasteiger partial charge on any atom is -0.440 e. The third kappa shape index (κ3) is 7.71. The van der Waals surface area contributed by atoms with Gasteiger partial charge < -0.3 is 28.4 Å². The van der Waals surface area contributed by atoms with Gasteiger partial charge >= 0.3 is 12.2 Å². The number of hydrogen-bond donors (Lipinski definition) is 0. The smallest absolute Gasteiger partial charge is 0.422 e. The molecule has 4 amide bonds. The van der Waals surface area contributed by atoms with Crippen molar-refractivity contribution in [2.24, 2.45) is 0 Å². The highest BCUT2D eigenvalue weighted by Crippen LogP contribution is 2.47. The lowest BCUT2D eigenvalue weighted by atomic mass is 10.0. The van der Waals surface area contributed by atoms with Crippen LogP contribution in [0, 0.1) is 0 Å². The summed E-state index contributed by atoms with van der Waals surface area (Å²) < 4.78 is 32.7. The van der Waals surface area contributed by atoms with Crippen molar-refractivity contribution in [1.82, 2.24) is 9.80 Å². The number of carbonyl (C=O) groups excluding carboxylic acids is 4. The maximum absolute atomic E-state index is 14.3. The molecule has 246 valence electrons. The first kappa shape index (κ1) is 34.5. The van der Waals surface area contributed by atoms with Gasteiger partial charge in [-0.1, -0.05) is 60.7 Å². The zero-order valence-electron chi connectivity index (χ0n) is 27.0. The molecule has 2 aliphatic rings. The monoisotopic (exact) mass is 636 g/mol. The molecule has 0 saturated heterocycles. The molecule has 0 saturated carbocycles. The number of benzene rings is 2. The topological polar surface area (TPSA) is 130 Å². The van der Waals surface area contributed by atoms with E-state index < -0.39 is 35.2 Å². The van der Waals surface area contributed by atoms with E-state index in [1.54, 1.807) is 103 Å². The summed E-state index contributed by atoms with van der Waals surface area (Å²) in [6.07, 6.45) is -2.00. The second kappa shape index (κ2) is 14.8. The third-order valence-corrected chi connectivity index (χ3v) is 6.95. The van der Waals surface area contributed by atoms with Gasteiger partial charge in [0.05, 0.1) is 62.2 Å². The van der Waals surface area contributed by atoms with Crippen LogP contribution < -0.4 is 0 Å². The average Bonchev–Trinajstić information content (AvgIpc) is 3.49. The molecule has 0 radical (unpaired) electrons. The summed E-state index contributed by atoms with van der Waals surface area (Å²) in [6.45, 7) is 7.92. The first-order valence-electron chi connectivity index (χ1n) is 14.8. The van der Waals surface area contributed by atoms with Crippen LogP contribution in [0.25, 0.3) is 11.4 Å². The first-order valence-corrected chi connectivity index (χ1v) is 14.8. The SMILES string of the molecule is COCCOCC(C)(C)OC(=O)N1C(=O)C2=C(c3ccccc3)N(C(=O)OC(C)(C)COCCOC)C(=O)C2=C1c1ccccc1. The fraction of sp³-hybridized carbons (Fsp3) is 0.412. The van der Waals surface area contributed by atoms with Crippen molar-refractivity contribution in [3.63, 3.8) is 0 Å². The van der Waals surface area contributed by atoms with E-state index >= 15 is 0 Å². The summed E-state index contributed by atoms with van der Waals surface area (Å²) in [5, 5.41) is 0. The summed E-state index contributed by atoms with van der Waals surface area (Å²) >= 11 is 0. The Kier molecular flexibility index (Phi) is 11.1.